The number of ether oxygens (including phenoxy) is 3. The van der Waals surface area contributed by atoms with Crippen molar-refractivity contribution in [3.05, 3.63) is 53.1 Å². The van der Waals surface area contributed by atoms with E-state index in [-0.39, 0.29) is 5.91 Å². The topological polar surface area (TPSA) is 48.0 Å². The molecule has 5 nitrogen and oxygen atoms in total. The Labute approximate surface area is 142 Å². The molecular weight excluding hydrogens is 306 g/mol. The molecule has 0 bridgehead atoms. The van der Waals surface area contributed by atoms with Crippen LogP contribution in [-0.4, -0.2) is 39.2 Å². The van der Waals surface area contributed by atoms with Crippen LogP contribution in [0.4, 0.5) is 0 Å². The number of methoxy groups -OCH3 is 3. The number of amides is 1. The highest BCUT2D eigenvalue weighted by atomic mass is 16.5. The number of nitrogens with zero attached hydrogens (tertiary/aromatic N) is 1. The van der Waals surface area contributed by atoms with Crippen LogP contribution in [0.15, 0.2) is 36.4 Å². The van der Waals surface area contributed by atoms with Crippen LogP contribution in [0.2, 0.25) is 0 Å². The first-order chi connectivity index (χ1) is 11.5. The maximum Gasteiger partial charge on any atom is 0.254 e. The van der Waals surface area contributed by atoms with Gasteiger partial charge in [-0.15, -0.1) is 0 Å². The molecule has 0 saturated heterocycles. The number of hydrogen-bond acceptors (Lipinski definition) is 4. The molecule has 0 radical (unpaired) electrons. The zero-order valence-corrected chi connectivity index (χ0v) is 14.8. The molecule has 5 heteroatoms. The lowest BCUT2D eigenvalue weighted by atomic mass is 10.1. The predicted octanol–water partition coefficient (Wildman–Crippen LogP) is 3.29. The lowest BCUT2D eigenvalue weighted by molar-refractivity contribution is 0.0784. The van der Waals surface area contributed by atoms with Gasteiger partial charge in [0.15, 0.2) is 0 Å². The van der Waals surface area contributed by atoms with E-state index >= 15 is 0 Å². The van der Waals surface area contributed by atoms with Crippen LogP contribution in [-0.2, 0) is 6.54 Å². The fourth-order valence-electron chi connectivity index (χ4n) is 2.51. The molecular formula is C19H23NO4. The largest absolute Gasteiger partial charge is 0.497 e. The van der Waals surface area contributed by atoms with Gasteiger partial charge in [0, 0.05) is 24.7 Å². The third kappa shape index (κ3) is 3.79. The molecule has 0 unspecified atom stereocenters. The lowest BCUT2D eigenvalue weighted by Gasteiger charge is -2.19. The Morgan fingerprint density at radius 2 is 1.50 bits per heavy atom. The molecule has 0 aliphatic heterocycles. The second kappa shape index (κ2) is 7.73. The Balaban J connectivity index is 2.20. The number of carbonyl (C=O) groups is 1. The average Bonchev–Trinajstić information content (AvgIpc) is 2.61. The Kier molecular flexibility index (Phi) is 5.68. The van der Waals surface area contributed by atoms with Crippen molar-refractivity contribution in [3.8, 4) is 17.2 Å². The lowest BCUT2D eigenvalue weighted by Crippen LogP contribution is -2.26. The molecule has 24 heavy (non-hydrogen) atoms. The van der Waals surface area contributed by atoms with Gasteiger partial charge in [-0.05, 0) is 36.8 Å². The van der Waals surface area contributed by atoms with Crippen molar-refractivity contribution in [2.75, 3.05) is 28.4 Å². The van der Waals surface area contributed by atoms with Gasteiger partial charge in [0.25, 0.3) is 5.91 Å². The van der Waals surface area contributed by atoms with Crippen LogP contribution in [0.3, 0.4) is 0 Å². The van der Waals surface area contributed by atoms with Crippen molar-refractivity contribution in [2.24, 2.45) is 0 Å². The van der Waals surface area contributed by atoms with Gasteiger partial charge in [-0.2, -0.15) is 0 Å². The Morgan fingerprint density at radius 1 is 0.958 bits per heavy atom. The van der Waals surface area contributed by atoms with Crippen molar-refractivity contribution < 1.29 is 19.0 Å². The number of benzene rings is 2. The van der Waals surface area contributed by atoms with Gasteiger partial charge in [-0.25, -0.2) is 0 Å². The zero-order chi connectivity index (χ0) is 17.7. The second-order valence-corrected chi connectivity index (χ2v) is 5.52. The first-order valence-corrected chi connectivity index (χ1v) is 7.61. The smallest absolute Gasteiger partial charge is 0.254 e. The van der Waals surface area contributed by atoms with Gasteiger partial charge in [-0.1, -0.05) is 12.1 Å². The molecule has 0 heterocycles. The molecule has 2 aromatic carbocycles. The number of hydrogen-bond donors (Lipinski definition) is 0. The predicted molar refractivity (Wildman–Crippen MR) is 93.1 cm³/mol. The van der Waals surface area contributed by atoms with Crippen LogP contribution in [0.5, 0.6) is 17.2 Å². The van der Waals surface area contributed by atoms with Crippen molar-refractivity contribution in [1.82, 2.24) is 4.90 Å². The fourth-order valence-corrected chi connectivity index (χ4v) is 2.51. The number of carbonyl (C=O) groups excluding carboxylic acids is 1. The van der Waals surface area contributed by atoms with Gasteiger partial charge in [-0.3, -0.25) is 4.79 Å². The van der Waals surface area contributed by atoms with Crippen LogP contribution in [0, 0.1) is 6.92 Å². The standard InChI is InChI=1S/C19H23NO4/c1-13-17(23-4)10-15(11-18(13)24-5)19(21)20(2)12-14-6-8-16(22-3)9-7-14/h6-11H,12H2,1-5H3. The van der Waals surface area contributed by atoms with Crippen molar-refractivity contribution >= 4 is 5.91 Å². The molecule has 0 aliphatic carbocycles. The maximum atomic E-state index is 12.7. The summed E-state index contributed by atoms with van der Waals surface area (Å²) in [5, 5.41) is 0. The maximum absolute atomic E-state index is 12.7. The molecule has 0 spiro atoms. The third-order valence-electron chi connectivity index (χ3n) is 3.92. The average molecular weight is 329 g/mol. The molecule has 1 amide bonds. The van der Waals surface area contributed by atoms with E-state index in [4.69, 9.17) is 14.2 Å². The Hall–Kier alpha value is -2.69. The monoisotopic (exact) mass is 329 g/mol. The Morgan fingerprint density at radius 3 is 1.96 bits per heavy atom. The molecule has 0 fully saturated rings. The van der Waals surface area contributed by atoms with Gasteiger partial charge < -0.3 is 19.1 Å². The van der Waals surface area contributed by atoms with Crippen LogP contribution in [0.25, 0.3) is 0 Å². The van der Waals surface area contributed by atoms with E-state index in [0.29, 0.717) is 23.6 Å². The summed E-state index contributed by atoms with van der Waals surface area (Å²) in [6, 6.07) is 11.1. The van der Waals surface area contributed by atoms with Gasteiger partial charge >= 0.3 is 0 Å². The second-order valence-electron chi connectivity index (χ2n) is 5.52. The highest BCUT2D eigenvalue weighted by molar-refractivity contribution is 5.95. The van der Waals surface area contributed by atoms with Crippen molar-refractivity contribution in [2.45, 2.75) is 13.5 Å². The minimum atomic E-state index is -0.0950. The van der Waals surface area contributed by atoms with Crippen molar-refractivity contribution in [1.29, 1.82) is 0 Å². The zero-order valence-electron chi connectivity index (χ0n) is 14.8. The molecule has 0 saturated carbocycles. The van der Waals surface area contributed by atoms with Crippen LogP contribution >= 0.6 is 0 Å². The van der Waals surface area contributed by atoms with E-state index in [2.05, 4.69) is 0 Å². The van der Waals surface area contributed by atoms with E-state index in [9.17, 15) is 4.79 Å². The van der Waals surface area contributed by atoms with Crippen LogP contribution in [0.1, 0.15) is 21.5 Å². The quantitative estimate of drug-likeness (QED) is 0.816. The minimum Gasteiger partial charge on any atom is -0.497 e. The number of rotatable bonds is 6. The third-order valence-corrected chi connectivity index (χ3v) is 3.92. The molecule has 128 valence electrons. The molecule has 0 atom stereocenters. The minimum absolute atomic E-state index is 0.0950. The summed E-state index contributed by atoms with van der Waals surface area (Å²) in [6.45, 7) is 2.40. The summed E-state index contributed by atoms with van der Waals surface area (Å²) in [5.41, 5.74) is 2.43. The van der Waals surface area contributed by atoms with E-state index in [1.165, 1.54) is 0 Å². The van der Waals surface area contributed by atoms with Gasteiger partial charge in [0.05, 0.1) is 21.3 Å². The van der Waals surface area contributed by atoms with Gasteiger partial charge in [0.1, 0.15) is 17.2 Å². The van der Waals surface area contributed by atoms with E-state index in [1.807, 2.05) is 31.2 Å². The highest BCUT2D eigenvalue weighted by Crippen LogP contribution is 2.30. The van der Waals surface area contributed by atoms with E-state index in [1.54, 1.807) is 45.4 Å². The first-order valence-electron chi connectivity index (χ1n) is 7.61. The summed E-state index contributed by atoms with van der Waals surface area (Å²) in [7, 11) is 6.56. The SMILES string of the molecule is COc1ccc(CN(C)C(=O)c2cc(OC)c(C)c(OC)c2)cc1. The molecule has 0 N–H and O–H groups in total. The first kappa shape index (κ1) is 17.7. The molecule has 2 aromatic rings. The van der Waals surface area contributed by atoms with Crippen LogP contribution < -0.4 is 14.2 Å². The molecule has 2 rings (SSSR count). The Bertz CT molecular complexity index is 685. The summed E-state index contributed by atoms with van der Waals surface area (Å²) in [5.74, 6) is 1.97. The summed E-state index contributed by atoms with van der Waals surface area (Å²) < 4.78 is 15.8. The van der Waals surface area contributed by atoms with E-state index < -0.39 is 0 Å². The van der Waals surface area contributed by atoms with Crippen molar-refractivity contribution in [3.63, 3.8) is 0 Å². The van der Waals surface area contributed by atoms with Gasteiger partial charge in [0.2, 0.25) is 0 Å². The highest BCUT2D eigenvalue weighted by Gasteiger charge is 2.17. The summed E-state index contributed by atoms with van der Waals surface area (Å²) in [6.07, 6.45) is 0. The summed E-state index contributed by atoms with van der Waals surface area (Å²) in [4.78, 5) is 14.4. The normalized spacial score (nSPS) is 10.2. The van der Waals surface area contributed by atoms with E-state index in [0.717, 1.165) is 16.9 Å². The molecule has 0 aromatic heterocycles. The summed E-state index contributed by atoms with van der Waals surface area (Å²) >= 11 is 0. The fraction of sp³-hybridized carbons (Fsp3) is 0.316. The molecule has 0 aliphatic rings.